The Morgan fingerprint density at radius 1 is 1.16 bits per heavy atom. The molecule has 0 radical (unpaired) electrons. The summed E-state index contributed by atoms with van der Waals surface area (Å²) in [5, 5.41) is 0.577. The van der Waals surface area contributed by atoms with Crippen LogP contribution in [0.5, 0.6) is 11.5 Å². The van der Waals surface area contributed by atoms with E-state index in [9.17, 15) is 9.18 Å². The van der Waals surface area contributed by atoms with Crippen molar-refractivity contribution in [3.63, 3.8) is 0 Å². The van der Waals surface area contributed by atoms with Crippen molar-refractivity contribution in [3.8, 4) is 11.5 Å². The first-order valence-corrected chi connectivity index (χ1v) is 6.17. The lowest BCUT2D eigenvalue weighted by molar-refractivity contribution is 0.101. The molecule has 98 valence electrons. The van der Waals surface area contributed by atoms with Crippen LogP contribution in [0.4, 0.5) is 4.39 Å². The normalized spacial score (nSPS) is 10.3. The van der Waals surface area contributed by atoms with Crippen LogP contribution in [-0.2, 0) is 0 Å². The summed E-state index contributed by atoms with van der Waals surface area (Å²) >= 11 is 11.9. The quantitative estimate of drug-likeness (QED) is 0.735. The van der Waals surface area contributed by atoms with Crippen LogP contribution in [0.25, 0.3) is 0 Å². The van der Waals surface area contributed by atoms with Crippen LogP contribution in [0, 0.1) is 5.82 Å². The predicted octanol–water partition coefficient (Wildman–Crippen LogP) is 5.13. The van der Waals surface area contributed by atoms with Gasteiger partial charge < -0.3 is 4.74 Å². The van der Waals surface area contributed by atoms with Crippen LogP contribution < -0.4 is 4.74 Å². The number of rotatable bonds is 3. The van der Waals surface area contributed by atoms with Crippen LogP contribution in [0.15, 0.2) is 36.4 Å². The van der Waals surface area contributed by atoms with Crippen molar-refractivity contribution in [2.24, 2.45) is 0 Å². The van der Waals surface area contributed by atoms with E-state index in [-0.39, 0.29) is 22.1 Å². The van der Waals surface area contributed by atoms with Crippen molar-refractivity contribution >= 4 is 29.0 Å². The number of carbonyl (C=O) groups excluding carboxylic acids is 1. The highest BCUT2D eigenvalue weighted by Crippen LogP contribution is 2.35. The van der Waals surface area contributed by atoms with Crippen molar-refractivity contribution in [1.29, 1.82) is 0 Å². The minimum absolute atomic E-state index is 0.149. The lowest BCUT2D eigenvalue weighted by Crippen LogP contribution is -1.98. The summed E-state index contributed by atoms with van der Waals surface area (Å²) in [5.41, 5.74) is 0.149. The van der Waals surface area contributed by atoms with E-state index in [1.165, 1.54) is 19.1 Å². The lowest BCUT2D eigenvalue weighted by atomic mass is 10.1. The van der Waals surface area contributed by atoms with Crippen LogP contribution in [0.1, 0.15) is 17.3 Å². The molecule has 0 aliphatic carbocycles. The standard InChI is InChI=1S/C14H9Cl2FO2/c1-8(18)10-7-9(17)5-6-12(10)19-13-4-2-3-11(15)14(13)16/h2-7H,1H3. The zero-order valence-corrected chi connectivity index (χ0v) is 11.4. The fourth-order valence-corrected chi connectivity index (χ4v) is 1.88. The maximum Gasteiger partial charge on any atom is 0.163 e. The molecular weight excluding hydrogens is 290 g/mol. The van der Waals surface area contributed by atoms with Crippen molar-refractivity contribution in [1.82, 2.24) is 0 Å². The van der Waals surface area contributed by atoms with Crippen molar-refractivity contribution in [2.75, 3.05) is 0 Å². The average molecular weight is 299 g/mol. The van der Waals surface area contributed by atoms with Crippen molar-refractivity contribution in [2.45, 2.75) is 6.92 Å². The number of benzene rings is 2. The minimum Gasteiger partial charge on any atom is -0.455 e. The Morgan fingerprint density at radius 2 is 1.89 bits per heavy atom. The summed E-state index contributed by atoms with van der Waals surface area (Å²) in [4.78, 5) is 11.5. The molecule has 0 saturated carbocycles. The molecule has 19 heavy (non-hydrogen) atoms. The van der Waals surface area contributed by atoms with Gasteiger partial charge in [-0.1, -0.05) is 29.3 Å². The molecule has 2 nitrogen and oxygen atoms in total. The minimum atomic E-state index is -0.505. The fraction of sp³-hybridized carbons (Fsp3) is 0.0714. The first-order valence-electron chi connectivity index (χ1n) is 5.41. The molecule has 0 unspecified atom stereocenters. The van der Waals surface area contributed by atoms with E-state index in [0.29, 0.717) is 10.8 Å². The number of carbonyl (C=O) groups is 1. The molecule has 0 heterocycles. The Labute approximate surface area is 119 Å². The summed E-state index contributed by atoms with van der Waals surface area (Å²) in [7, 11) is 0. The molecule has 5 heteroatoms. The second-order valence-corrected chi connectivity index (χ2v) is 4.64. The zero-order valence-electron chi connectivity index (χ0n) is 9.91. The highest BCUT2D eigenvalue weighted by Gasteiger charge is 2.13. The average Bonchev–Trinajstić information content (AvgIpc) is 2.36. The number of ketones is 1. The summed E-state index contributed by atoms with van der Waals surface area (Å²) < 4.78 is 18.7. The van der Waals surface area contributed by atoms with Crippen molar-refractivity contribution < 1.29 is 13.9 Å². The molecule has 2 aromatic carbocycles. The number of ether oxygens (including phenoxy) is 1. The monoisotopic (exact) mass is 298 g/mol. The Balaban J connectivity index is 2.44. The van der Waals surface area contributed by atoms with Gasteiger partial charge in [-0.05, 0) is 37.3 Å². The second kappa shape index (κ2) is 5.59. The summed E-state index contributed by atoms with van der Waals surface area (Å²) in [5.74, 6) is -0.260. The Bertz CT molecular complexity index is 641. The molecule has 0 saturated heterocycles. The van der Waals surface area contributed by atoms with Crippen LogP contribution in [0.2, 0.25) is 10.0 Å². The van der Waals surface area contributed by atoms with E-state index in [1.807, 2.05) is 0 Å². The topological polar surface area (TPSA) is 26.3 Å². The number of Topliss-reactive ketones (excluding diaryl/α,β-unsaturated/α-hetero) is 1. The molecule has 2 aromatic rings. The van der Waals surface area contributed by atoms with Gasteiger partial charge >= 0.3 is 0 Å². The number of halogens is 3. The van der Waals surface area contributed by atoms with Gasteiger partial charge in [-0.25, -0.2) is 4.39 Å². The van der Waals surface area contributed by atoms with Gasteiger partial charge in [0.1, 0.15) is 22.3 Å². The van der Waals surface area contributed by atoms with Gasteiger partial charge in [-0.2, -0.15) is 0 Å². The van der Waals surface area contributed by atoms with Gasteiger partial charge in [0.25, 0.3) is 0 Å². The smallest absolute Gasteiger partial charge is 0.163 e. The summed E-state index contributed by atoms with van der Waals surface area (Å²) in [6.07, 6.45) is 0. The number of hydrogen-bond acceptors (Lipinski definition) is 2. The first-order chi connectivity index (χ1) is 8.99. The van der Waals surface area contributed by atoms with Crippen molar-refractivity contribution in [3.05, 3.63) is 57.8 Å². The largest absolute Gasteiger partial charge is 0.455 e. The molecule has 2 rings (SSSR count). The Hall–Kier alpha value is -1.58. The maximum atomic E-state index is 13.1. The molecule has 0 aliphatic heterocycles. The Morgan fingerprint density at radius 3 is 2.58 bits per heavy atom. The second-order valence-electron chi connectivity index (χ2n) is 3.85. The first kappa shape index (κ1) is 13.8. The maximum absolute atomic E-state index is 13.1. The summed E-state index contributed by atoms with van der Waals surface area (Å²) in [6.45, 7) is 1.33. The van der Waals surface area contributed by atoms with Crippen LogP contribution >= 0.6 is 23.2 Å². The molecule has 0 spiro atoms. The van der Waals surface area contributed by atoms with Crippen LogP contribution in [-0.4, -0.2) is 5.78 Å². The molecule has 0 aliphatic rings. The molecular formula is C14H9Cl2FO2. The van der Waals surface area contributed by atoms with E-state index in [2.05, 4.69) is 0 Å². The van der Waals surface area contributed by atoms with Gasteiger partial charge in [-0.15, -0.1) is 0 Å². The van der Waals surface area contributed by atoms with Crippen LogP contribution in [0.3, 0.4) is 0 Å². The lowest BCUT2D eigenvalue weighted by Gasteiger charge is -2.11. The van der Waals surface area contributed by atoms with Gasteiger partial charge in [0.2, 0.25) is 0 Å². The van der Waals surface area contributed by atoms with Gasteiger partial charge in [-0.3, -0.25) is 4.79 Å². The SMILES string of the molecule is CC(=O)c1cc(F)ccc1Oc1cccc(Cl)c1Cl. The molecule has 0 amide bonds. The Kier molecular flexibility index (Phi) is 4.08. The summed E-state index contributed by atoms with van der Waals surface area (Å²) in [6, 6.07) is 8.61. The third-order valence-electron chi connectivity index (χ3n) is 2.46. The van der Waals surface area contributed by atoms with E-state index >= 15 is 0 Å². The third-order valence-corrected chi connectivity index (χ3v) is 3.26. The van der Waals surface area contributed by atoms with Gasteiger partial charge in [0.15, 0.2) is 5.78 Å². The van der Waals surface area contributed by atoms with E-state index in [1.54, 1.807) is 18.2 Å². The van der Waals surface area contributed by atoms with E-state index in [0.717, 1.165) is 6.07 Å². The van der Waals surface area contributed by atoms with E-state index in [4.69, 9.17) is 27.9 Å². The molecule has 0 atom stereocenters. The fourth-order valence-electron chi connectivity index (χ4n) is 1.55. The molecule has 0 N–H and O–H groups in total. The van der Waals surface area contributed by atoms with Gasteiger partial charge in [0.05, 0.1) is 10.6 Å². The van der Waals surface area contributed by atoms with E-state index < -0.39 is 5.82 Å². The molecule has 0 bridgehead atoms. The van der Waals surface area contributed by atoms with Gasteiger partial charge in [0, 0.05) is 0 Å². The third kappa shape index (κ3) is 3.06. The molecule has 0 aromatic heterocycles. The molecule has 0 fully saturated rings. The zero-order chi connectivity index (χ0) is 14.0. The predicted molar refractivity (Wildman–Crippen MR) is 72.9 cm³/mol. The highest BCUT2D eigenvalue weighted by atomic mass is 35.5. The number of hydrogen-bond donors (Lipinski definition) is 0. The highest BCUT2D eigenvalue weighted by molar-refractivity contribution is 6.42.